The van der Waals surface area contributed by atoms with Crippen molar-refractivity contribution < 1.29 is 19.5 Å². The molecule has 0 aromatic heterocycles. The summed E-state index contributed by atoms with van der Waals surface area (Å²) in [7, 11) is 0. The maximum absolute atomic E-state index is 12.9. The maximum Gasteiger partial charge on any atom is 0.319 e. The average Bonchev–Trinajstić information content (AvgIpc) is 3.01. The molecule has 3 N–H and O–H groups in total. The lowest BCUT2D eigenvalue weighted by Gasteiger charge is -2.26. The van der Waals surface area contributed by atoms with E-state index in [-0.39, 0.29) is 18.4 Å². The van der Waals surface area contributed by atoms with Gasteiger partial charge in [0.25, 0.3) is 0 Å². The molecule has 4 amide bonds. The zero-order valence-electron chi connectivity index (χ0n) is 16.2. The number of amides is 4. The van der Waals surface area contributed by atoms with Crippen LogP contribution in [0, 0.1) is 6.92 Å². The third-order valence-electron chi connectivity index (χ3n) is 5.20. The number of rotatable bonds is 4. The van der Waals surface area contributed by atoms with Crippen molar-refractivity contribution in [2.45, 2.75) is 44.8 Å². The van der Waals surface area contributed by atoms with Gasteiger partial charge in [0.1, 0.15) is 6.04 Å². The number of carbonyl (C=O) groups is 3. The van der Waals surface area contributed by atoms with Gasteiger partial charge in [0.2, 0.25) is 11.8 Å². The summed E-state index contributed by atoms with van der Waals surface area (Å²) >= 11 is 0. The van der Waals surface area contributed by atoms with Crippen LogP contribution in [-0.4, -0.2) is 71.1 Å². The van der Waals surface area contributed by atoms with Gasteiger partial charge in [0.05, 0.1) is 12.6 Å². The molecule has 0 saturated carbocycles. The molecule has 0 aliphatic carbocycles. The Morgan fingerprint density at radius 1 is 1.21 bits per heavy atom. The molecule has 0 spiro atoms. The van der Waals surface area contributed by atoms with Gasteiger partial charge < -0.3 is 25.5 Å². The first-order chi connectivity index (χ1) is 13.4. The highest BCUT2D eigenvalue weighted by atomic mass is 16.3. The van der Waals surface area contributed by atoms with E-state index in [1.165, 1.54) is 4.90 Å². The van der Waals surface area contributed by atoms with Gasteiger partial charge in [-0.3, -0.25) is 9.59 Å². The minimum atomic E-state index is -0.649. The Morgan fingerprint density at radius 3 is 2.75 bits per heavy atom. The van der Waals surface area contributed by atoms with E-state index in [0.29, 0.717) is 38.2 Å². The molecule has 2 saturated heterocycles. The lowest BCUT2D eigenvalue weighted by atomic mass is 10.1. The molecule has 0 bridgehead atoms. The number of hydrogen-bond acceptors (Lipinski definition) is 4. The molecule has 0 radical (unpaired) electrons. The van der Waals surface area contributed by atoms with Crippen LogP contribution in [-0.2, 0) is 9.59 Å². The summed E-state index contributed by atoms with van der Waals surface area (Å²) in [6.45, 7) is 3.26. The molecule has 2 heterocycles. The highest BCUT2D eigenvalue weighted by Gasteiger charge is 2.32. The molecular formula is C20H28N4O4. The summed E-state index contributed by atoms with van der Waals surface area (Å²) in [5.74, 6) is -0.389. The number of carbonyl (C=O) groups excluding carboxylic acids is 3. The summed E-state index contributed by atoms with van der Waals surface area (Å²) in [6, 6.07) is 6.35. The fourth-order valence-electron chi connectivity index (χ4n) is 3.68. The second kappa shape index (κ2) is 9.05. The Labute approximate surface area is 164 Å². The van der Waals surface area contributed by atoms with Crippen LogP contribution in [0.2, 0.25) is 0 Å². The predicted molar refractivity (Wildman–Crippen MR) is 105 cm³/mol. The molecule has 152 valence electrons. The molecule has 2 aliphatic heterocycles. The largest absolute Gasteiger partial charge is 0.391 e. The van der Waals surface area contributed by atoms with Crippen LogP contribution in [0.15, 0.2) is 24.3 Å². The van der Waals surface area contributed by atoms with Gasteiger partial charge in [-0.1, -0.05) is 12.1 Å². The number of anilines is 1. The van der Waals surface area contributed by atoms with Crippen molar-refractivity contribution in [1.29, 1.82) is 0 Å². The standard InChI is InChI=1S/C20H28N4O4/c1-14-5-4-6-15(11-14)21-20(28)22-17-7-2-3-9-24(19(17)27)13-18(26)23-10-8-16(25)12-23/h4-6,11,16-17,25H,2-3,7-10,12-13H2,1H3,(H2,21,22,28)/t16?,17-/m0/s1. The minimum absolute atomic E-state index is 0.0107. The summed E-state index contributed by atoms with van der Waals surface area (Å²) in [4.78, 5) is 40.8. The summed E-state index contributed by atoms with van der Waals surface area (Å²) in [5.41, 5.74) is 1.69. The van der Waals surface area contributed by atoms with Gasteiger partial charge >= 0.3 is 6.03 Å². The molecule has 2 fully saturated rings. The normalized spacial score (nSPS) is 22.7. The third kappa shape index (κ3) is 5.22. The van der Waals surface area contributed by atoms with Crippen molar-refractivity contribution in [3.8, 4) is 0 Å². The molecule has 8 nitrogen and oxygen atoms in total. The number of nitrogens with one attached hydrogen (secondary N) is 2. The Balaban J connectivity index is 1.57. The first kappa shape index (κ1) is 20.1. The number of likely N-dealkylation sites (tertiary alicyclic amines) is 2. The van der Waals surface area contributed by atoms with E-state index in [1.54, 1.807) is 11.0 Å². The molecule has 2 atom stereocenters. The zero-order valence-corrected chi connectivity index (χ0v) is 16.2. The van der Waals surface area contributed by atoms with E-state index < -0.39 is 18.2 Å². The van der Waals surface area contributed by atoms with Crippen LogP contribution >= 0.6 is 0 Å². The van der Waals surface area contributed by atoms with Crippen LogP contribution < -0.4 is 10.6 Å². The number of aliphatic hydroxyl groups excluding tert-OH is 1. The van der Waals surface area contributed by atoms with Crippen LogP contribution in [0.3, 0.4) is 0 Å². The fraction of sp³-hybridized carbons (Fsp3) is 0.550. The lowest BCUT2D eigenvalue weighted by molar-refractivity contribution is -0.140. The average molecular weight is 388 g/mol. The van der Waals surface area contributed by atoms with Crippen LogP contribution in [0.5, 0.6) is 0 Å². The lowest BCUT2D eigenvalue weighted by Crippen LogP contribution is -2.51. The van der Waals surface area contributed by atoms with E-state index >= 15 is 0 Å². The summed E-state index contributed by atoms with van der Waals surface area (Å²) in [6.07, 6.45) is 2.23. The fourth-order valence-corrected chi connectivity index (χ4v) is 3.68. The Bertz CT molecular complexity index is 739. The monoisotopic (exact) mass is 388 g/mol. The van der Waals surface area contributed by atoms with Gasteiger partial charge in [0.15, 0.2) is 0 Å². The number of benzene rings is 1. The molecule has 1 unspecified atom stereocenters. The number of urea groups is 1. The molecule has 2 aliphatic rings. The number of aryl methyl sites for hydroxylation is 1. The highest BCUT2D eigenvalue weighted by Crippen LogP contribution is 2.15. The Kier molecular flexibility index (Phi) is 6.51. The SMILES string of the molecule is Cc1cccc(NC(=O)N[C@H]2CCCCN(CC(=O)N3CCC(O)C3)C2=O)c1. The minimum Gasteiger partial charge on any atom is -0.391 e. The summed E-state index contributed by atoms with van der Waals surface area (Å²) in [5, 5.41) is 15.1. The molecule has 1 aromatic rings. The quantitative estimate of drug-likeness (QED) is 0.719. The van der Waals surface area contributed by atoms with E-state index in [2.05, 4.69) is 10.6 Å². The Hall–Kier alpha value is -2.61. The van der Waals surface area contributed by atoms with E-state index in [9.17, 15) is 19.5 Å². The predicted octanol–water partition coefficient (Wildman–Crippen LogP) is 1.09. The molecule has 28 heavy (non-hydrogen) atoms. The van der Waals surface area contributed by atoms with Crippen molar-refractivity contribution in [3.05, 3.63) is 29.8 Å². The molecule has 1 aromatic carbocycles. The van der Waals surface area contributed by atoms with E-state index in [1.807, 2.05) is 25.1 Å². The van der Waals surface area contributed by atoms with Gasteiger partial charge in [0, 0.05) is 25.3 Å². The molecule has 3 rings (SSSR count). The van der Waals surface area contributed by atoms with Gasteiger partial charge in [-0.2, -0.15) is 0 Å². The van der Waals surface area contributed by atoms with Gasteiger partial charge in [-0.05, 0) is 50.3 Å². The number of aliphatic hydroxyl groups is 1. The van der Waals surface area contributed by atoms with Crippen LogP contribution in [0.1, 0.15) is 31.2 Å². The van der Waals surface area contributed by atoms with E-state index in [4.69, 9.17) is 0 Å². The second-order valence-corrected chi connectivity index (χ2v) is 7.56. The van der Waals surface area contributed by atoms with Crippen molar-refractivity contribution in [1.82, 2.24) is 15.1 Å². The third-order valence-corrected chi connectivity index (χ3v) is 5.20. The smallest absolute Gasteiger partial charge is 0.319 e. The van der Waals surface area contributed by atoms with Crippen LogP contribution in [0.4, 0.5) is 10.5 Å². The van der Waals surface area contributed by atoms with Crippen molar-refractivity contribution in [2.75, 3.05) is 31.5 Å². The summed E-state index contributed by atoms with van der Waals surface area (Å²) < 4.78 is 0. The first-order valence-corrected chi connectivity index (χ1v) is 9.81. The molecule has 8 heteroatoms. The van der Waals surface area contributed by atoms with Crippen molar-refractivity contribution in [3.63, 3.8) is 0 Å². The number of hydrogen-bond donors (Lipinski definition) is 3. The molecular weight excluding hydrogens is 360 g/mol. The highest BCUT2D eigenvalue weighted by molar-refractivity contribution is 5.95. The topological polar surface area (TPSA) is 102 Å². The van der Waals surface area contributed by atoms with Crippen LogP contribution in [0.25, 0.3) is 0 Å². The van der Waals surface area contributed by atoms with Crippen molar-refractivity contribution >= 4 is 23.5 Å². The van der Waals surface area contributed by atoms with E-state index in [0.717, 1.165) is 18.4 Å². The Morgan fingerprint density at radius 2 is 2.04 bits per heavy atom. The van der Waals surface area contributed by atoms with Gasteiger partial charge in [-0.25, -0.2) is 4.79 Å². The number of nitrogens with zero attached hydrogens (tertiary/aromatic N) is 2. The zero-order chi connectivity index (χ0) is 20.1. The first-order valence-electron chi connectivity index (χ1n) is 9.81. The van der Waals surface area contributed by atoms with Gasteiger partial charge in [-0.15, -0.1) is 0 Å². The second-order valence-electron chi connectivity index (χ2n) is 7.56. The van der Waals surface area contributed by atoms with Crippen molar-refractivity contribution in [2.24, 2.45) is 0 Å². The maximum atomic E-state index is 12.9. The number of β-amino-alcohol motifs (C(OH)–C–C–N with tert-alkyl or cyclic N) is 1.